The van der Waals surface area contributed by atoms with Gasteiger partial charge in [-0.1, -0.05) is 6.42 Å². The molecule has 2 aliphatic heterocycles. The summed E-state index contributed by atoms with van der Waals surface area (Å²) in [7, 11) is -1.74. The summed E-state index contributed by atoms with van der Waals surface area (Å²) in [6.07, 6.45) is 4.64. The third-order valence-corrected chi connectivity index (χ3v) is 6.56. The molecule has 8 nitrogen and oxygen atoms in total. The lowest BCUT2D eigenvalue weighted by atomic mass is 10.2. The van der Waals surface area contributed by atoms with Crippen molar-refractivity contribution in [2.75, 3.05) is 44.2 Å². The van der Waals surface area contributed by atoms with E-state index in [1.165, 1.54) is 4.68 Å². The third-order valence-electron chi connectivity index (χ3n) is 4.52. The predicted molar refractivity (Wildman–Crippen MR) is 87.6 cm³/mol. The molecule has 0 spiro atoms. The first-order chi connectivity index (χ1) is 11.0. The summed E-state index contributed by atoms with van der Waals surface area (Å²) in [5, 5.41) is 4.02. The highest BCUT2D eigenvalue weighted by Gasteiger charge is 2.33. The molecular weight excluding hydrogens is 318 g/mol. The van der Waals surface area contributed by atoms with Crippen LogP contribution in [0.4, 0.5) is 5.69 Å². The molecule has 23 heavy (non-hydrogen) atoms. The van der Waals surface area contributed by atoms with Gasteiger partial charge in [-0.3, -0.25) is 4.79 Å². The molecule has 3 rings (SSSR count). The van der Waals surface area contributed by atoms with Gasteiger partial charge in [0.05, 0.1) is 11.9 Å². The van der Waals surface area contributed by atoms with Crippen molar-refractivity contribution in [3.8, 4) is 0 Å². The largest absolute Gasteiger partial charge is 0.367 e. The number of aromatic nitrogens is 2. The van der Waals surface area contributed by atoms with Gasteiger partial charge >= 0.3 is 0 Å². The summed E-state index contributed by atoms with van der Waals surface area (Å²) < 4.78 is 29.7. The van der Waals surface area contributed by atoms with Crippen LogP contribution >= 0.6 is 0 Å². The standard InChI is InChI=1S/C14H23N5O3S/c1-16-14(20)11-13(12-15-16)17-7-9-19(10-8-17)23(21,22)18-5-3-2-4-6-18/h11-12H,2-10H2,1H3. The third kappa shape index (κ3) is 3.41. The SMILES string of the molecule is Cn1ncc(N2CCN(S(=O)(=O)N3CCCCC3)CC2)cc1=O. The van der Waals surface area contributed by atoms with Crippen molar-refractivity contribution in [3.63, 3.8) is 0 Å². The van der Waals surface area contributed by atoms with Gasteiger partial charge in [-0.2, -0.15) is 22.1 Å². The summed E-state index contributed by atoms with van der Waals surface area (Å²) in [6, 6.07) is 1.54. The summed E-state index contributed by atoms with van der Waals surface area (Å²) in [5.41, 5.74) is 0.592. The van der Waals surface area contributed by atoms with E-state index >= 15 is 0 Å². The van der Waals surface area contributed by atoms with E-state index in [0.717, 1.165) is 24.9 Å². The Morgan fingerprint density at radius 2 is 1.57 bits per heavy atom. The van der Waals surface area contributed by atoms with Crippen LogP contribution in [0, 0.1) is 0 Å². The quantitative estimate of drug-likeness (QED) is 0.750. The molecule has 0 bridgehead atoms. The molecule has 128 valence electrons. The molecule has 0 saturated carbocycles. The van der Waals surface area contributed by atoms with Gasteiger partial charge in [0.2, 0.25) is 0 Å². The highest BCUT2D eigenvalue weighted by atomic mass is 32.2. The van der Waals surface area contributed by atoms with Crippen molar-refractivity contribution in [1.29, 1.82) is 0 Å². The van der Waals surface area contributed by atoms with Gasteiger partial charge in [0.25, 0.3) is 15.8 Å². The predicted octanol–water partition coefficient (Wildman–Crippen LogP) is -0.367. The van der Waals surface area contributed by atoms with Gasteiger partial charge in [0.1, 0.15) is 0 Å². The lowest BCUT2D eigenvalue weighted by Gasteiger charge is -2.38. The number of hydrogen-bond donors (Lipinski definition) is 0. The minimum Gasteiger partial charge on any atom is -0.367 e. The van der Waals surface area contributed by atoms with Crippen molar-refractivity contribution in [2.45, 2.75) is 19.3 Å². The molecule has 0 N–H and O–H groups in total. The van der Waals surface area contributed by atoms with Crippen LogP contribution in [-0.2, 0) is 17.3 Å². The first-order valence-corrected chi connectivity index (χ1v) is 9.42. The van der Waals surface area contributed by atoms with E-state index in [9.17, 15) is 13.2 Å². The van der Waals surface area contributed by atoms with E-state index in [2.05, 4.69) is 5.10 Å². The van der Waals surface area contributed by atoms with Crippen LogP contribution in [0.5, 0.6) is 0 Å². The van der Waals surface area contributed by atoms with E-state index in [4.69, 9.17) is 0 Å². The fraction of sp³-hybridized carbons (Fsp3) is 0.714. The zero-order chi connectivity index (χ0) is 16.4. The minimum atomic E-state index is -3.35. The van der Waals surface area contributed by atoms with E-state index in [1.54, 1.807) is 27.9 Å². The number of hydrogen-bond acceptors (Lipinski definition) is 5. The monoisotopic (exact) mass is 341 g/mol. The number of piperidine rings is 1. The summed E-state index contributed by atoms with van der Waals surface area (Å²) in [6.45, 7) is 3.27. The molecule has 3 heterocycles. The van der Waals surface area contributed by atoms with Gasteiger partial charge in [-0.05, 0) is 12.8 Å². The van der Waals surface area contributed by atoms with Crippen molar-refractivity contribution >= 4 is 15.9 Å². The van der Waals surface area contributed by atoms with Crippen LogP contribution in [0.25, 0.3) is 0 Å². The number of piperazine rings is 1. The Balaban J connectivity index is 1.65. The Kier molecular flexibility index (Phi) is 4.69. The highest BCUT2D eigenvalue weighted by molar-refractivity contribution is 7.86. The van der Waals surface area contributed by atoms with Gasteiger partial charge in [-0.25, -0.2) is 4.68 Å². The average Bonchev–Trinajstić information content (AvgIpc) is 2.58. The Morgan fingerprint density at radius 1 is 0.957 bits per heavy atom. The second-order valence-electron chi connectivity index (χ2n) is 6.03. The molecular formula is C14H23N5O3S. The van der Waals surface area contributed by atoms with E-state index in [-0.39, 0.29) is 5.56 Å². The summed E-state index contributed by atoms with van der Waals surface area (Å²) in [5.74, 6) is 0. The van der Waals surface area contributed by atoms with Crippen LogP contribution in [-0.4, -0.2) is 66.1 Å². The van der Waals surface area contributed by atoms with Crippen molar-refractivity contribution in [2.24, 2.45) is 7.05 Å². The molecule has 1 aromatic heterocycles. The van der Waals surface area contributed by atoms with Crippen LogP contribution < -0.4 is 10.5 Å². The maximum Gasteiger partial charge on any atom is 0.282 e. The second-order valence-corrected chi connectivity index (χ2v) is 7.96. The lowest BCUT2D eigenvalue weighted by Crippen LogP contribution is -2.54. The van der Waals surface area contributed by atoms with E-state index < -0.39 is 10.2 Å². The second kappa shape index (κ2) is 6.58. The molecule has 0 atom stereocenters. The van der Waals surface area contributed by atoms with Crippen molar-refractivity contribution in [1.82, 2.24) is 18.4 Å². The number of nitrogens with zero attached hydrogens (tertiary/aromatic N) is 5. The Morgan fingerprint density at radius 3 is 2.17 bits per heavy atom. The fourth-order valence-corrected chi connectivity index (χ4v) is 4.74. The van der Waals surface area contributed by atoms with Crippen LogP contribution in [0.15, 0.2) is 17.1 Å². The Labute approximate surface area is 136 Å². The Bertz CT molecular complexity index is 703. The molecule has 0 aliphatic carbocycles. The van der Waals surface area contributed by atoms with Crippen LogP contribution in [0.1, 0.15) is 19.3 Å². The van der Waals surface area contributed by atoms with Crippen molar-refractivity contribution < 1.29 is 8.42 Å². The average molecular weight is 341 g/mol. The summed E-state index contributed by atoms with van der Waals surface area (Å²) >= 11 is 0. The van der Waals surface area contributed by atoms with Gasteiger partial charge < -0.3 is 4.90 Å². The molecule has 9 heteroatoms. The zero-order valence-corrected chi connectivity index (χ0v) is 14.2. The van der Waals surface area contributed by atoms with Crippen molar-refractivity contribution in [3.05, 3.63) is 22.6 Å². The smallest absolute Gasteiger partial charge is 0.282 e. The molecule has 2 fully saturated rings. The first-order valence-electron chi connectivity index (χ1n) is 8.02. The zero-order valence-electron chi connectivity index (χ0n) is 13.4. The van der Waals surface area contributed by atoms with E-state index in [0.29, 0.717) is 39.3 Å². The fourth-order valence-electron chi connectivity index (χ4n) is 3.07. The van der Waals surface area contributed by atoms with Crippen LogP contribution in [0.3, 0.4) is 0 Å². The number of aryl methyl sites for hydroxylation is 1. The molecule has 2 saturated heterocycles. The first kappa shape index (κ1) is 16.4. The number of rotatable bonds is 3. The molecule has 2 aliphatic rings. The minimum absolute atomic E-state index is 0.161. The maximum absolute atomic E-state index is 12.7. The van der Waals surface area contributed by atoms with Gasteiger partial charge in [0, 0.05) is 52.4 Å². The van der Waals surface area contributed by atoms with E-state index in [1.807, 2.05) is 4.90 Å². The highest BCUT2D eigenvalue weighted by Crippen LogP contribution is 2.19. The lowest BCUT2D eigenvalue weighted by molar-refractivity contribution is 0.295. The van der Waals surface area contributed by atoms with Gasteiger partial charge in [0.15, 0.2) is 0 Å². The normalized spacial score (nSPS) is 21.5. The maximum atomic E-state index is 12.7. The summed E-state index contributed by atoms with van der Waals surface area (Å²) in [4.78, 5) is 13.7. The topological polar surface area (TPSA) is 78.8 Å². The Hall–Kier alpha value is -1.45. The van der Waals surface area contributed by atoms with Crippen LogP contribution in [0.2, 0.25) is 0 Å². The molecule has 1 aromatic rings. The number of anilines is 1. The molecule has 0 unspecified atom stereocenters. The molecule has 0 radical (unpaired) electrons. The molecule has 0 aromatic carbocycles. The van der Waals surface area contributed by atoms with Gasteiger partial charge in [-0.15, -0.1) is 0 Å². The molecule has 0 amide bonds.